The molecule has 190 valence electrons. The molecule has 1 aliphatic rings. The van der Waals surface area contributed by atoms with Gasteiger partial charge in [-0.3, -0.25) is 28.8 Å². The van der Waals surface area contributed by atoms with Crippen LogP contribution >= 0.6 is 0 Å². The van der Waals surface area contributed by atoms with Crippen LogP contribution < -0.4 is 16.4 Å². The fraction of sp³-hybridized carbons (Fsp3) is 0.632. The van der Waals surface area contributed by atoms with E-state index in [1.54, 1.807) is 0 Å². The second-order valence-electron chi connectivity index (χ2n) is 7.72. The highest BCUT2D eigenvalue weighted by molar-refractivity contribution is 5.95. The van der Waals surface area contributed by atoms with Crippen LogP contribution in [0.25, 0.3) is 0 Å². The Hall–Kier alpha value is -3.75. The highest BCUT2D eigenvalue weighted by Gasteiger charge is 2.38. The summed E-state index contributed by atoms with van der Waals surface area (Å²) < 4.78 is 0. The van der Waals surface area contributed by atoms with Gasteiger partial charge in [-0.25, -0.2) is 4.79 Å². The molecule has 1 heterocycles. The molecule has 4 atom stereocenters. The molecule has 3 amide bonds. The van der Waals surface area contributed by atoms with Gasteiger partial charge >= 0.3 is 23.9 Å². The molecule has 0 aromatic rings. The van der Waals surface area contributed by atoms with E-state index < -0.39 is 97.9 Å². The van der Waals surface area contributed by atoms with E-state index >= 15 is 0 Å². The number of carboxylic acid groups (broad SMARTS) is 4. The molecular formula is C19H28N4O11. The topological polar surface area (TPSA) is 254 Å². The molecule has 1 rings (SSSR count). The molecule has 0 aliphatic carbocycles. The molecule has 0 saturated carbocycles. The fourth-order valence-electron chi connectivity index (χ4n) is 3.39. The zero-order valence-electron chi connectivity index (χ0n) is 18.1. The van der Waals surface area contributed by atoms with Gasteiger partial charge in [-0.05, 0) is 25.7 Å². The maximum absolute atomic E-state index is 12.8. The molecule has 1 fully saturated rings. The van der Waals surface area contributed by atoms with E-state index in [2.05, 4.69) is 10.6 Å². The third-order valence-electron chi connectivity index (χ3n) is 5.09. The van der Waals surface area contributed by atoms with Gasteiger partial charge in [0.2, 0.25) is 17.7 Å². The lowest BCUT2D eigenvalue weighted by molar-refractivity contribution is -0.145. The van der Waals surface area contributed by atoms with Gasteiger partial charge in [-0.1, -0.05) is 0 Å². The number of likely N-dealkylation sites (tertiary alicyclic amines) is 1. The Morgan fingerprint density at radius 1 is 0.853 bits per heavy atom. The summed E-state index contributed by atoms with van der Waals surface area (Å²) in [5.74, 6) is -8.03. The molecule has 1 aliphatic heterocycles. The molecule has 0 bridgehead atoms. The van der Waals surface area contributed by atoms with E-state index in [1.165, 1.54) is 0 Å². The summed E-state index contributed by atoms with van der Waals surface area (Å²) >= 11 is 0. The van der Waals surface area contributed by atoms with Crippen LogP contribution in [-0.4, -0.2) is 97.6 Å². The lowest BCUT2D eigenvalue weighted by Gasteiger charge is -2.28. The first-order valence-electron chi connectivity index (χ1n) is 10.4. The van der Waals surface area contributed by atoms with Gasteiger partial charge < -0.3 is 41.7 Å². The van der Waals surface area contributed by atoms with Crippen molar-refractivity contribution in [2.45, 2.75) is 69.1 Å². The van der Waals surface area contributed by atoms with Crippen LogP contribution in [0.15, 0.2) is 0 Å². The van der Waals surface area contributed by atoms with Gasteiger partial charge in [0.1, 0.15) is 18.1 Å². The van der Waals surface area contributed by atoms with Crippen LogP contribution in [0.1, 0.15) is 44.9 Å². The first-order valence-corrected chi connectivity index (χ1v) is 10.4. The smallest absolute Gasteiger partial charge is 0.326 e. The number of hydrogen-bond donors (Lipinski definition) is 7. The van der Waals surface area contributed by atoms with Crippen molar-refractivity contribution in [2.75, 3.05) is 6.54 Å². The number of carbonyl (C=O) groups is 7. The molecule has 34 heavy (non-hydrogen) atoms. The molecule has 8 N–H and O–H groups in total. The molecular weight excluding hydrogens is 460 g/mol. The third kappa shape index (κ3) is 9.01. The predicted molar refractivity (Wildman–Crippen MR) is 110 cm³/mol. The Morgan fingerprint density at radius 2 is 1.41 bits per heavy atom. The molecule has 15 nitrogen and oxygen atoms in total. The summed E-state index contributed by atoms with van der Waals surface area (Å²) in [7, 11) is 0. The second-order valence-corrected chi connectivity index (χ2v) is 7.72. The number of aliphatic carboxylic acids is 4. The van der Waals surface area contributed by atoms with Crippen molar-refractivity contribution in [3.05, 3.63) is 0 Å². The SMILES string of the molecule is NC(CC(=O)O)C(=O)N1CCCC1C(=O)NC(CCC(=O)O)C(=O)NC(CCC(=O)O)C(=O)O. The van der Waals surface area contributed by atoms with Gasteiger partial charge in [-0.2, -0.15) is 0 Å². The van der Waals surface area contributed by atoms with Crippen LogP contribution in [0.4, 0.5) is 0 Å². The summed E-state index contributed by atoms with van der Waals surface area (Å²) in [6.45, 7) is 0.118. The molecule has 4 unspecified atom stereocenters. The number of carboxylic acids is 4. The Labute approximate surface area is 193 Å². The van der Waals surface area contributed by atoms with Crippen molar-refractivity contribution < 1.29 is 54.0 Å². The van der Waals surface area contributed by atoms with E-state index in [0.29, 0.717) is 6.42 Å². The van der Waals surface area contributed by atoms with Crippen LogP contribution in [0.5, 0.6) is 0 Å². The zero-order chi connectivity index (χ0) is 26.0. The van der Waals surface area contributed by atoms with Gasteiger partial charge in [0.15, 0.2) is 0 Å². The second kappa shape index (κ2) is 13.1. The van der Waals surface area contributed by atoms with Crippen LogP contribution in [0, 0.1) is 0 Å². The molecule has 0 aromatic carbocycles. The lowest BCUT2D eigenvalue weighted by atomic mass is 10.1. The Kier molecular flexibility index (Phi) is 10.9. The summed E-state index contributed by atoms with van der Waals surface area (Å²) in [4.78, 5) is 82.8. The zero-order valence-corrected chi connectivity index (χ0v) is 18.1. The maximum Gasteiger partial charge on any atom is 0.326 e. The molecule has 0 radical (unpaired) electrons. The van der Waals surface area contributed by atoms with Crippen molar-refractivity contribution in [2.24, 2.45) is 5.73 Å². The van der Waals surface area contributed by atoms with Crippen molar-refractivity contribution >= 4 is 41.6 Å². The third-order valence-corrected chi connectivity index (χ3v) is 5.09. The van der Waals surface area contributed by atoms with Gasteiger partial charge in [0.25, 0.3) is 0 Å². The fourth-order valence-corrected chi connectivity index (χ4v) is 3.39. The average molecular weight is 488 g/mol. The number of amides is 3. The van der Waals surface area contributed by atoms with E-state index in [9.17, 15) is 38.7 Å². The standard InChI is InChI=1S/C19H28N4O11/c20-9(8-15(28)29)18(32)23-7-1-2-12(23)17(31)21-10(3-5-13(24)25)16(30)22-11(19(33)34)4-6-14(26)27/h9-12H,1-8,20H2,(H,21,31)(H,22,30)(H,24,25)(H,26,27)(H,28,29)(H,33,34). The number of nitrogens with two attached hydrogens (primary N) is 1. The summed E-state index contributed by atoms with van der Waals surface area (Å²) in [6, 6.07) is -5.55. The van der Waals surface area contributed by atoms with Gasteiger partial charge in [0.05, 0.1) is 12.5 Å². The molecule has 0 aromatic heterocycles. The Bertz CT molecular complexity index is 831. The Morgan fingerprint density at radius 3 is 1.91 bits per heavy atom. The monoisotopic (exact) mass is 488 g/mol. The summed E-state index contributed by atoms with van der Waals surface area (Å²) in [5.41, 5.74) is 5.59. The predicted octanol–water partition coefficient (Wildman–Crippen LogP) is -2.44. The lowest BCUT2D eigenvalue weighted by Crippen LogP contribution is -2.56. The van der Waals surface area contributed by atoms with Crippen molar-refractivity contribution in [3.63, 3.8) is 0 Å². The minimum atomic E-state index is -1.59. The van der Waals surface area contributed by atoms with Crippen molar-refractivity contribution in [1.29, 1.82) is 0 Å². The Balaban J connectivity index is 2.95. The largest absolute Gasteiger partial charge is 0.481 e. The summed E-state index contributed by atoms with van der Waals surface area (Å²) in [5, 5.41) is 40.1. The highest BCUT2D eigenvalue weighted by atomic mass is 16.4. The quantitative estimate of drug-likeness (QED) is 0.135. The highest BCUT2D eigenvalue weighted by Crippen LogP contribution is 2.19. The number of hydrogen-bond acceptors (Lipinski definition) is 8. The molecule has 1 saturated heterocycles. The van der Waals surface area contributed by atoms with E-state index in [1.807, 2.05) is 0 Å². The normalized spacial score (nSPS) is 17.8. The maximum atomic E-state index is 12.8. The number of rotatable bonds is 14. The van der Waals surface area contributed by atoms with E-state index in [0.717, 1.165) is 4.90 Å². The van der Waals surface area contributed by atoms with E-state index in [4.69, 9.17) is 21.1 Å². The number of nitrogens with one attached hydrogen (secondary N) is 2. The minimum Gasteiger partial charge on any atom is -0.481 e. The van der Waals surface area contributed by atoms with Crippen LogP contribution in [-0.2, 0) is 33.6 Å². The van der Waals surface area contributed by atoms with Crippen LogP contribution in [0.2, 0.25) is 0 Å². The van der Waals surface area contributed by atoms with Crippen molar-refractivity contribution in [1.82, 2.24) is 15.5 Å². The molecule has 0 spiro atoms. The van der Waals surface area contributed by atoms with Gasteiger partial charge in [-0.15, -0.1) is 0 Å². The van der Waals surface area contributed by atoms with Gasteiger partial charge in [0, 0.05) is 19.4 Å². The number of nitrogens with zero attached hydrogens (tertiary/aromatic N) is 1. The average Bonchev–Trinajstić information content (AvgIpc) is 3.22. The number of carbonyl (C=O) groups excluding carboxylic acids is 3. The molecule has 15 heteroatoms. The first kappa shape index (κ1) is 28.3. The summed E-state index contributed by atoms with van der Waals surface area (Å²) in [6.07, 6.45) is -2.03. The first-order chi connectivity index (χ1) is 15.8. The van der Waals surface area contributed by atoms with Crippen LogP contribution in [0.3, 0.4) is 0 Å². The van der Waals surface area contributed by atoms with E-state index in [-0.39, 0.29) is 13.0 Å². The minimum absolute atomic E-state index is 0.118. The van der Waals surface area contributed by atoms with Crippen molar-refractivity contribution in [3.8, 4) is 0 Å².